The van der Waals surface area contributed by atoms with Crippen LogP contribution in [0.2, 0.25) is 0 Å². The second-order valence-corrected chi connectivity index (χ2v) is 6.60. The van der Waals surface area contributed by atoms with Crippen LogP contribution < -0.4 is 5.32 Å². The zero-order valence-corrected chi connectivity index (χ0v) is 14.9. The molecular weight excluding hydrogens is 334 g/mol. The zero-order chi connectivity index (χ0) is 15.5. The molecule has 0 aromatic carbocycles. The summed E-state index contributed by atoms with van der Waals surface area (Å²) in [4.78, 5) is 0. The van der Waals surface area contributed by atoms with Gasteiger partial charge in [-0.25, -0.2) is 0 Å². The number of nitrogens with one attached hydrogen (secondary N) is 1. The lowest BCUT2D eigenvalue weighted by atomic mass is 9.84. The summed E-state index contributed by atoms with van der Waals surface area (Å²) < 4.78 is 14.9. The lowest BCUT2D eigenvalue weighted by Gasteiger charge is -2.43. The van der Waals surface area contributed by atoms with E-state index >= 15 is 0 Å². The van der Waals surface area contributed by atoms with Gasteiger partial charge in [-0.05, 0) is 43.7 Å². The minimum absolute atomic E-state index is 0.0839. The molecule has 1 unspecified atom stereocenters. The number of hydrogen-bond donors (Lipinski definition) is 1. The summed E-state index contributed by atoms with van der Waals surface area (Å²) in [5, 5.41) is 7.98. The van der Waals surface area contributed by atoms with Crippen LogP contribution in [-0.2, 0) is 9.47 Å². The first-order valence-corrected chi connectivity index (χ1v) is 8.47. The monoisotopic (exact) mass is 359 g/mol. The molecular formula is C15H26BrN3O2. The van der Waals surface area contributed by atoms with Crippen LogP contribution >= 0.6 is 15.9 Å². The average molecular weight is 360 g/mol. The smallest absolute Gasteiger partial charge is 0.0935 e. The van der Waals surface area contributed by atoms with Crippen molar-refractivity contribution in [3.63, 3.8) is 0 Å². The van der Waals surface area contributed by atoms with Gasteiger partial charge in [-0.1, -0.05) is 0 Å². The van der Waals surface area contributed by atoms with E-state index in [4.69, 9.17) is 9.47 Å². The Bertz CT molecular complexity index is 450. The predicted octanol–water partition coefficient (Wildman–Crippen LogP) is 3.07. The SMILES string of the molecule is CCOC1(C(NC)c2c(Br)cnn2C(C)C)CCOCC1. The zero-order valence-electron chi connectivity index (χ0n) is 13.4. The Morgan fingerprint density at radius 2 is 2.14 bits per heavy atom. The van der Waals surface area contributed by atoms with E-state index < -0.39 is 0 Å². The number of rotatable bonds is 6. The molecule has 0 radical (unpaired) electrons. The lowest BCUT2D eigenvalue weighted by Crippen LogP contribution is -2.50. The molecule has 120 valence electrons. The molecule has 0 bridgehead atoms. The van der Waals surface area contributed by atoms with Gasteiger partial charge in [0, 0.05) is 38.7 Å². The van der Waals surface area contributed by atoms with Crippen LogP contribution in [0.1, 0.15) is 51.4 Å². The largest absolute Gasteiger partial charge is 0.381 e. The summed E-state index contributed by atoms with van der Waals surface area (Å²) in [6.07, 6.45) is 3.66. The van der Waals surface area contributed by atoms with E-state index in [0.29, 0.717) is 12.6 Å². The molecule has 0 amide bonds. The van der Waals surface area contributed by atoms with Gasteiger partial charge < -0.3 is 14.8 Å². The van der Waals surface area contributed by atoms with Crippen molar-refractivity contribution in [3.8, 4) is 0 Å². The highest BCUT2D eigenvalue weighted by Gasteiger charge is 2.43. The van der Waals surface area contributed by atoms with Crippen LogP contribution in [0, 0.1) is 0 Å². The van der Waals surface area contributed by atoms with Gasteiger partial charge in [-0.2, -0.15) is 5.10 Å². The molecule has 21 heavy (non-hydrogen) atoms. The highest BCUT2D eigenvalue weighted by atomic mass is 79.9. The van der Waals surface area contributed by atoms with Gasteiger partial charge in [-0.3, -0.25) is 4.68 Å². The normalized spacial score (nSPS) is 19.9. The maximum atomic E-state index is 6.23. The molecule has 1 aliphatic heterocycles. The van der Waals surface area contributed by atoms with Crippen molar-refractivity contribution in [1.82, 2.24) is 15.1 Å². The molecule has 0 aliphatic carbocycles. The van der Waals surface area contributed by atoms with E-state index in [1.807, 2.05) is 13.2 Å². The predicted molar refractivity (Wildman–Crippen MR) is 86.5 cm³/mol. The molecule has 6 heteroatoms. The van der Waals surface area contributed by atoms with Crippen LogP contribution in [0.4, 0.5) is 0 Å². The Labute approximate surface area is 135 Å². The van der Waals surface area contributed by atoms with Crippen molar-refractivity contribution in [2.75, 3.05) is 26.9 Å². The van der Waals surface area contributed by atoms with E-state index in [1.165, 1.54) is 0 Å². The van der Waals surface area contributed by atoms with Crippen molar-refractivity contribution in [1.29, 1.82) is 0 Å². The van der Waals surface area contributed by atoms with Crippen molar-refractivity contribution in [3.05, 3.63) is 16.4 Å². The van der Waals surface area contributed by atoms with Crippen LogP contribution in [0.25, 0.3) is 0 Å². The summed E-state index contributed by atoms with van der Waals surface area (Å²) in [7, 11) is 1.99. The fourth-order valence-corrected chi connectivity index (χ4v) is 3.70. The van der Waals surface area contributed by atoms with Gasteiger partial charge in [0.1, 0.15) is 0 Å². The summed E-state index contributed by atoms with van der Waals surface area (Å²) in [5.74, 6) is 0. The van der Waals surface area contributed by atoms with Gasteiger partial charge in [0.15, 0.2) is 0 Å². The quantitative estimate of drug-likeness (QED) is 0.847. The molecule has 1 fully saturated rings. The van der Waals surface area contributed by atoms with Gasteiger partial charge in [0.05, 0.1) is 28.0 Å². The Hall–Kier alpha value is -0.430. The average Bonchev–Trinajstić information content (AvgIpc) is 2.83. The van der Waals surface area contributed by atoms with Gasteiger partial charge in [0.2, 0.25) is 0 Å². The Balaban J connectivity index is 2.43. The Kier molecular flexibility index (Phi) is 5.82. The molecule has 1 saturated heterocycles. The number of hydrogen-bond acceptors (Lipinski definition) is 4. The van der Waals surface area contributed by atoms with Crippen LogP contribution in [0.5, 0.6) is 0 Å². The van der Waals surface area contributed by atoms with Gasteiger partial charge in [0.25, 0.3) is 0 Å². The Morgan fingerprint density at radius 1 is 1.48 bits per heavy atom. The van der Waals surface area contributed by atoms with E-state index in [2.05, 4.69) is 51.8 Å². The molecule has 5 nitrogen and oxygen atoms in total. The molecule has 2 rings (SSSR count). The molecule has 0 saturated carbocycles. The Morgan fingerprint density at radius 3 is 2.67 bits per heavy atom. The standard InChI is InChI=1S/C15H26BrN3O2/c1-5-21-15(6-8-20-9-7-15)14(17-4)13-12(16)10-18-19(13)11(2)3/h10-11,14,17H,5-9H2,1-4H3. The molecule has 1 N–H and O–H groups in total. The second kappa shape index (κ2) is 7.22. The molecule has 2 heterocycles. The van der Waals surface area contributed by atoms with E-state index in [0.717, 1.165) is 36.2 Å². The third-order valence-electron chi connectivity index (χ3n) is 4.14. The van der Waals surface area contributed by atoms with Crippen LogP contribution in [0.15, 0.2) is 10.7 Å². The second-order valence-electron chi connectivity index (χ2n) is 5.75. The molecule has 1 aromatic heterocycles. The molecule has 1 aromatic rings. The summed E-state index contributed by atoms with van der Waals surface area (Å²) in [6.45, 7) is 8.53. The van der Waals surface area contributed by atoms with E-state index in [1.54, 1.807) is 0 Å². The third kappa shape index (κ3) is 3.33. The lowest BCUT2D eigenvalue weighted by molar-refractivity contribution is -0.128. The van der Waals surface area contributed by atoms with Crippen molar-refractivity contribution in [2.24, 2.45) is 0 Å². The van der Waals surface area contributed by atoms with Gasteiger partial charge in [-0.15, -0.1) is 0 Å². The highest BCUT2D eigenvalue weighted by Crippen LogP contribution is 2.40. The maximum absolute atomic E-state index is 6.23. The summed E-state index contributed by atoms with van der Waals surface area (Å²) in [5.41, 5.74) is 0.916. The number of aromatic nitrogens is 2. The maximum Gasteiger partial charge on any atom is 0.0935 e. The summed E-state index contributed by atoms with van der Waals surface area (Å²) in [6, 6.07) is 0.390. The number of nitrogens with zero attached hydrogens (tertiary/aromatic N) is 2. The first kappa shape index (κ1) is 16.9. The third-order valence-corrected chi connectivity index (χ3v) is 4.75. The van der Waals surface area contributed by atoms with E-state index in [9.17, 15) is 0 Å². The van der Waals surface area contributed by atoms with Crippen LogP contribution in [-0.4, -0.2) is 42.2 Å². The first-order valence-electron chi connectivity index (χ1n) is 7.67. The molecule has 1 atom stereocenters. The first-order chi connectivity index (χ1) is 10.1. The highest BCUT2D eigenvalue weighted by molar-refractivity contribution is 9.10. The van der Waals surface area contributed by atoms with Crippen molar-refractivity contribution < 1.29 is 9.47 Å². The fourth-order valence-electron chi connectivity index (χ4n) is 3.20. The molecule has 0 spiro atoms. The fraction of sp³-hybridized carbons (Fsp3) is 0.800. The minimum atomic E-state index is -0.239. The number of ether oxygens (including phenoxy) is 2. The van der Waals surface area contributed by atoms with Crippen LogP contribution in [0.3, 0.4) is 0 Å². The van der Waals surface area contributed by atoms with E-state index in [-0.39, 0.29) is 11.6 Å². The van der Waals surface area contributed by atoms with Crippen molar-refractivity contribution >= 4 is 15.9 Å². The number of likely N-dealkylation sites (N-methyl/N-ethyl adjacent to an activating group) is 1. The topological polar surface area (TPSA) is 48.3 Å². The minimum Gasteiger partial charge on any atom is -0.381 e. The van der Waals surface area contributed by atoms with Gasteiger partial charge >= 0.3 is 0 Å². The molecule has 1 aliphatic rings. The summed E-state index contributed by atoms with van der Waals surface area (Å²) >= 11 is 3.66. The van der Waals surface area contributed by atoms with Crippen molar-refractivity contribution in [2.45, 2.75) is 51.3 Å². The number of halogens is 1.